The molecule has 0 aliphatic heterocycles. The number of phenolic OH excluding ortho intramolecular Hbond substituents is 1. The van der Waals surface area contributed by atoms with Gasteiger partial charge in [-0.2, -0.15) is 0 Å². The van der Waals surface area contributed by atoms with Gasteiger partial charge in [0.25, 0.3) is 0 Å². The van der Waals surface area contributed by atoms with Crippen molar-refractivity contribution in [3.63, 3.8) is 0 Å². The molecule has 3 aromatic rings. The van der Waals surface area contributed by atoms with E-state index in [1.54, 1.807) is 24.3 Å². The summed E-state index contributed by atoms with van der Waals surface area (Å²) in [6.07, 6.45) is 0. The molecule has 22 heavy (non-hydrogen) atoms. The lowest BCUT2D eigenvalue weighted by Crippen LogP contribution is -2.01. The minimum Gasteiger partial charge on any atom is -0.508 e. The van der Waals surface area contributed by atoms with E-state index in [2.05, 4.69) is 18.8 Å². The van der Waals surface area contributed by atoms with Crippen LogP contribution in [0.3, 0.4) is 0 Å². The van der Waals surface area contributed by atoms with Gasteiger partial charge in [0.1, 0.15) is 11.6 Å². The largest absolute Gasteiger partial charge is 0.508 e. The first-order valence-electron chi connectivity index (χ1n) is 7.36. The summed E-state index contributed by atoms with van der Waals surface area (Å²) in [4.78, 5) is 4.63. The molecule has 1 heterocycles. The summed E-state index contributed by atoms with van der Waals surface area (Å²) in [7, 11) is 0. The van der Waals surface area contributed by atoms with Crippen molar-refractivity contribution in [1.82, 2.24) is 4.98 Å². The van der Waals surface area contributed by atoms with Crippen LogP contribution in [-0.2, 0) is 0 Å². The maximum absolute atomic E-state index is 13.3. The molecule has 0 unspecified atom stereocenters. The molecule has 0 amide bonds. The van der Waals surface area contributed by atoms with Crippen LogP contribution in [0.1, 0.15) is 31.0 Å². The number of phenols is 1. The normalized spacial score (nSPS) is 11.3. The third kappa shape index (κ3) is 2.43. The Kier molecular flexibility index (Phi) is 3.57. The monoisotopic (exact) mass is 295 g/mol. The van der Waals surface area contributed by atoms with E-state index in [0.717, 1.165) is 33.3 Å². The molecule has 0 fully saturated rings. The third-order valence-corrected chi connectivity index (χ3v) is 3.91. The van der Waals surface area contributed by atoms with Crippen LogP contribution in [0.15, 0.2) is 42.5 Å². The maximum Gasteiger partial charge on any atom is 0.123 e. The fraction of sp³-hybridized carbons (Fsp3) is 0.211. The maximum atomic E-state index is 13.3. The number of pyridine rings is 1. The Balaban J connectivity index is 2.42. The highest BCUT2D eigenvalue weighted by Crippen LogP contribution is 2.37. The fourth-order valence-electron chi connectivity index (χ4n) is 3.02. The molecule has 0 bridgehead atoms. The first-order chi connectivity index (χ1) is 10.5. The van der Waals surface area contributed by atoms with Gasteiger partial charge in [0.15, 0.2) is 0 Å². The summed E-state index contributed by atoms with van der Waals surface area (Å²) in [6.45, 7) is 6.23. The van der Waals surface area contributed by atoms with Crippen LogP contribution in [0, 0.1) is 12.7 Å². The predicted octanol–water partition coefficient (Wildman–Crippen LogP) is 5.18. The van der Waals surface area contributed by atoms with Gasteiger partial charge < -0.3 is 5.11 Å². The number of halogens is 1. The molecule has 0 saturated carbocycles. The highest BCUT2D eigenvalue weighted by atomic mass is 19.1. The van der Waals surface area contributed by atoms with E-state index in [1.165, 1.54) is 12.1 Å². The quantitative estimate of drug-likeness (QED) is 0.706. The first kappa shape index (κ1) is 14.5. The summed E-state index contributed by atoms with van der Waals surface area (Å²) >= 11 is 0. The first-order valence-corrected chi connectivity index (χ1v) is 7.36. The molecule has 1 N–H and O–H groups in total. The van der Waals surface area contributed by atoms with Gasteiger partial charge in [0.05, 0.1) is 5.52 Å². The topological polar surface area (TPSA) is 33.1 Å². The molecular formula is C19H18FNO. The SMILES string of the molecule is Cc1nc2cc(O)ccc2c(-c2ccc(F)cc2)c1C(C)C. The van der Waals surface area contributed by atoms with Crippen LogP contribution in [0.5, 0.6) is 5.75 Å². The van der Waals surface area contributed by atoms with Gasteiger partial charge in [-0.1, -0.05) is 26.0 Å². The zero-order valence-corrected chi connectivity index (χ0v) is 12.9. The van der Waals surface area contributed by atoms with Crippen molar-refractivity contribution in [3.05, 3.63) is 59.5 Å². The summed E-state index contributed by atoms with van der Waals surface area (Å²) < 4.78 is 13.3. The predicted molar refractivity (Wildman–Crippen MR) is 87.6 cm³/mol. The van der Waals surface area contributed by atoms with Crippen LogP contribution in [0.4, 0.5) is 4.39 Å². The summed E-state index contributed by atoms with van der Waals surface area (Å²) in [5.41, 5.74) is 4.88. The highest BCUT2D eigenvalue weighted by Gasteiger charge is 2.17. The Morgan fingerprint density at radius 1 is 1.05 bits per heavy atom. The van der Waals surface area contributed by atoms with Crippen molar-refractivity contribution in [1.29, 1.82) is 0 Å². The minimum absolute atomic E-state index is 0.196. The Labute approximate surface area is 129 Å². The number of rotatable bonds is 2. The summed E-state index contributed by atoms with van der Waals surface area (Å²) in [5, 5.41) is 10.7. The molecule has 0 spiro atoms. The molecule has 0 saturated heterocycles. The zero-order valence-electron chi connectivity index (χ0n) is 12.9. The minimum atomic E-state index is -0.248. The molecule has 2 aromatic carbocycles. The van der Waals surface area contributed by atoms with Gasteiger partial charge in [-0.15, -0.1) is 0 Å². The molecule has 0 aliphatic rings. The van der Waals surface area contributed by atoms with E-state index in [1.807, 2.05) is 13.0 Å². The van der Waals surface area contributed by atoms with Gasteiger partial charge >= 0.3 is 0 Å². The fourth-order valence-corrected chi connectivity index (χ4v) is 3.02. The summed E-state index contributed by atoms with van der Waals surface area (Å²) in [5.74, 6) is 0.245. The molecule has 0 radical (unpaired) electrons. The van der Waals surface area contributed by atoms with E-state index in [-0.39, 0.29) is 11.6 Å². The van der Waals surface area contributed by atoms with Gasteiger partial charge in [0.2, 0.25) is 0 Å². The van der Waals surface area contributed by atoms with Crippen molar-refractivity contribution >= 4 is 10.9 Å². The average molecular weight is 295 g/mol. The van der Waals surface area contributed by atoms with Crippen LogP contribution in [0.25, 0.3) is 22.0 Å². The number of aryl methyl sites for hydroxylation is 1. The van der Waals surface area contributed by atoms with E-state index in [9.17, 15) is 9.50 Å². The van der Waals surface area contributed by atoms with E-state index in [0.29, 0.717) is 5.92 Å². The van der Waals surface area contributed by atoms with Crippen LogP contribution >= 0.6 is 0 Å². The molecule has 2 nitrogen and oxygen atoms in total. The molecule has 3 rings (SSSR count). The highest BCUT2D eigenvalue weighted by molar-refractivity contribution is 5.97. The second-order valence-electron chi connectivity index (χ2n) is 5.85. The molecule has 3 heteroatoms. The number of benzene rings is 2. The second-order valence-corrected chi connectivity index (χ2v) is 5.85. The standard InChI is InChI=1S/C19H18FNO/c1-11(2)18-12(3)21-17-10-15(22)8-9-16(17)19(18)13-4-6-14(20)7-5-13/h4-11,22H,1-3H3. The molecular weight excluding hydrogens is 277 g/mol. The van der Waals surface area contributed by atoms with Gasteiger partial charge in [0, 0.05) is 17.1 Å². The van der Waals surface area contributed by atoms with Gasteiger partial charge in [-0.05, 0) is 53.8 Å². The van der Waals surface area contributed by atoms with Crippen LogP contribution in [-0.4, -0.2) is 10.1 Å². The third-order valence-electron chi connectivity index (χ3n) is 3.91. The lowest BCUT2D eigenvalue weighted by atomic mass is 9.88. The van der Waals surface area contributed by atoms with Crippen molar-refractivity contribution in [2.45, 2.75) is 26.7 Å². The number of fused-ring (bicyclic) bond motifs is 1. The van der Waals surface area contributed by atoms with Crippen LogP contribution in [0.2, 0.25) is 0 Å². The lowest BCUT2D eigenvalue weighted by molar-refractivity contribution is 0.476. The van der Waals surface area contributed by atoms with Crippen molar-refractivity contribution < 1.29 is 9.50 Å². The number of hydrogen-bond acceptors (Lipinski definition) is 2. The van der Waals surface area contributed by atoms with E-state index < -0.39 is 0 Å². The Morgan fingerprint density at radius 2 is 1.73 bits per heavy atom. The van der Waals surface area contributed by atoms with Gasteiger partial charge in [-0.3, -0.25) is 4.98 Å². The molecule has 0 aliphatic carbocycles. The average Bonchev–Trinajstić information content (AvgIpc) is 2.46. The lowest BCUT2D eigenvalue weighted by Gasteiger charge is -2.18. The Hall–Kier alpha value is -2.42. The van der Waals surface area contributed by atoms with E-state index >= 15 is 0 Å². The molecule has 112 valence electrons. The number of hydrogen-bond donors (Lipinski definition) is 1. The summed E-state index contributed by atoms with van der Waals surface area (Å²) in [6, 6.07) is 11.7. The Bertz CT molecular complexity index is 838. The molecule has 0 atom stereocenters. The second kappa shape index (κ2) is 5.41. The zero-order chi connectivity index (χ0) is 15.9. The smallest absolute Gasteiger partial charge is 0.123 e. The van der Waals surface area contributed by atoms with Gasteiger partial charge in [-0.25, -0.2) is 4.39 Å². The van der Waals surface area contributed by atoms with E-state index in [4.69, 9.17) is 0 Å². The van der Waals surface area contributed by atoms with Crippen molar-refractivity contribution in [3.8, 4) is 16.9 Å². The number of nitrogens with zero attached hydrogens (tertiary/aromatic N) is 1. The Morgan fingerprint density at radius 3 is 2.36 bits per heavy atom. The van der Waals surface area contributed by atoms with Crippen LogP contribution < -0.4 is 0 Å². The number of aromatic hydroxyl groups is 1. The van der Waals surface area contributed by atoms with Crippen molar-refractivity contribution in [2.75, 3.05) is 0 Å². The number of aromatic nitrogens is 1. The molecule has 1 aromatic heterocycles. The van der Waals surface area contributed by atoms with Crippen molar-refractivity contribution in [2.24, 2.45) is 0 Å².